The highest BCUT2D eigenvalue weighted by atomic mass is 16.6. The van der Waals surface area contributed by atoms with Gasteiger partial charge < -0.3 is 30.0 Å². The van der Waals surface area contributed by atoms with Gasteiger partial charge in [-0.3, -0.25) is 9.69 Å². The van der Waals surface area contributed by atoms with Gasteiger partial charge in [0.15, 0.2) is 0 Å². The zero-order valence-electron chi connectivity index (χ0n) is 26.5. The lowest BCUT2D eigenvalue weighted by molar-refractivity contribution is -0.0227. The maximum atomic E-state index is 12.8. The summed E-state index contributed by atoms with van der Waals surface area (Å²) in [7, 11) is 0. The van der Waals surface area contributed by atoms with Gasteiger partial charge in [-0.2, -0.15) is 4.98 Å². The summed E-state index contributed by atoms with van der Waals surface area (Å²) in [5.74, 6) is 0.106. The standard InChI is InChI=1S/C37H42N6O3/c1-23-5-2-3-6-27(23)29-7-4-14-42(29)26-19-37(20-26)11-15-41(16-12-37)25-8-9-28(34(38)44)30(18-25)43-31-17-24-10-13-39-35(24)40-36(31)46-33-22-45-21-32(33)43/h2-3,5-6,8-10,13,17-18,26,29,32-33H,4,7,11-12,14-16,19-22H2,1H3,(H2,38,44)(H,39,40)/t29-,32+,33+/m0/s1. The predicted octanol–water partition coefficient (Wildman–Crippen LogP) is 5.85. The van der Waals surface area contributed by atoms with Crippen molar-refractivity contribution in [2.75, 3.05) is 42.6 Å². The maximum absolute atomic E-state index is 12.8. The Hall–Kier alpha value is -4.08. The van der Waals surface area contributed by atoms with Crippen LogP contribution in [-0.4, -0.2) is 71.8 Å². The van der Waals surface area contributed by atoms with Crippen LogP contribution < -0.4 is 20.3 Å². The van der Waals surface area contributed by atoms with Gasteiger partial charge in [0.05, 0.1) is 30.5 Å². The number of hydrogen-bond acceptors (Lipinski definition) is 7. The van der Waals surface area contributed by atoms with Crippen LogP contribution in [0.15, 0.2) is 60.8 Å². The zero-order chi connectivity index (χ0) is 31.0. The van der Waals surface area contributed by atoms with E-state index >= 15 is 0 Å². The number of nitrogens with zero attached hydrogens (tertiary/aromatic N) is 4. The molecule has 0 bridgehead atoms. The maximum Gasteiger partial charge on any atom is 0.250 e. The fourth-order valence-corrected chi connectivity index (χ4v) is 9.19. The minimum Gasteiger partial charge on any atom is -0.468 e. The smallest absolute Gasteiger partial charge is 0.250 e. The number of primary amides is 1. The number of nitrogens with one attached hydrogen (secondary N) is 1. The number of aromatic amines is 1. The number of ether oxygens (including phenoxy) is 2. The topological polar surface area (TPSA) is 100.0 Å². The number of nitrogens with two attached hydrogens (primary N) is 1. The molecule has 2 aromatic heterocycles. The number of likely N-dealkylation sites (tertiary alicyclic amines) is 1. The van der Waals surface area contributed by atoms with Crippen molar-refractivity contribution < 1.29 is 14.3 Å². The molecule has 4 aliphatic heterocycles. The van der Waals surface area contributed by atoms with Crippen molar-refractivity contribution >= 4 is 34.0 Å². The van der Waals surface area contributed by atoms with Crippen LogP contribution in [-0.2, 0) is 4.74 Å². The van der Waals surface area contributed by atoms with Crippen LogP contribution in [0.2, 0.25) is 0 Å². The summed E-state index contributed by atoms with van der Waals surface area (Å²) in [6.45, 7) is 6.51. The first-order chi connectivity index (χ1) is 22.5. The third-order valence-corrected chi connectivity index (χ3v) is 11.7. The van der Waals surface area contributed by atoms with E-state index in [0.717, 1.165) is 41.2 Å². The van der Waals surface area contributed by atoms with E-state index in [-0.39, 0.29) is 12.1 Å². The summed E-state index contributed by atoms with van der Waals surface area (Å²) >= 11 is 0. The lowest BCUT2D eigenvalue weighted by Gasteiger charge is -2.56. The van der Waals surface area contributed by atoms with Crippen LogP contribution in [0.4, 0.5) is 17.1 Å². The van der Waals surface area contributed by atoms with E-state index in [1.807, 2.05) is 18.3 Å². The first-order valence-electron chi connectivity index (χ1n) is 17.0. The van der Waals surface area contributed by atoms with Crippen LogP contribution in [0.3, 0.4) is 0 Å². The molecule has 4 fully saturated rings. The number of hydrogen-bond donors (Lipinski definition) is 2. The van der Waals surface area contributed by atoms with Crippen LogP contribution in [0.5, 0.6) is 5.88 Å². The molecule has 46 heavy (non-hydrogen) atoms. The first-order valence-corrected chi connectivity index (χ1v) is 17.0. The van der Waals surface area contributed by atoms with Gasteiger partial charge in [-0.1, -0.05) is 24.3 Å². The second-order valence-electron chi connectivity index (χ2n) is 14.2. The van der Waals surface area contributed by atoms with E-state index < -0.39 is 5.91 Å². The lowest BCUT2D eigenvalue weighted by atomic mass is 9.59. The SMILES string of the molecule is Cc1ccccc1[C@@H]1CCCN1C1CC2(CCN(c3ccc(C(N)=O)c(N4c5cc6cc[nH]c6nc5O[C@@H]5COC[C@H]54)c3)CC2)C1. The summed E-state index contributed by atoms with van der Waals surface area (Å²) < 4.78 is 12.2. The largest absolute Gasteiger partial charge is 0.468 e. The highest BCUT2D eigenvalue weighted by molar-refractivity contribution is 6.01. The Morgan fingerprint density at radius 2 is 1.87 bits per heavy atom. The van der Waals surface area contributed by atoms with Crippen molar-refractivity contribution in [3.8, 4) is 5.88 Å². The van der Waals surface area contributed by atoms with E-state index in [1.54, 1.807) is 0 Å². The Morgan fingerprint density at radius 3 is 2.70 bits per heavy atom. The molecule has 0 unspecified atom stereocenters. The predicted molar refractivity (Wildman–Crippen MR) is 179 cm³/mol. The summed E-state index contributed by atoms with van der Waals surface area (Å²) in [5, 5.41) is 0.987. The van der Waals surface area contributed by atoms with Gasteiger partial charge in [-0.05, 0) is 98.9 Å². The fourth-order valence-electron chi connectivity index (χ4n) is 9.19. The number of carbonyl (C=O) groups is 1. The van der Waals surface area contributed by atoms with Gasteiger partial charge in [-0.25, -0.2) is 0 Å². The molecule has 5 aliphatic rings. The van der Waals surface area contributed by atoms with Crippen molar-refractivity contribution in [2.45, 2.75) is 69.7 Å². The molecule has 3 atom stereocenters. The number of carbonyl (C=O) groups excluding carboxylic acids is 1. The third-order valence-electron chi connectivity index (χ3n) is 11.7. The minimum atomic E-state index is -0.440. The van der Waals surface area contributed by atoms with E-state index in [2.05, 4.69) is 69.1 Å². The van der Waals surface area contributed by atoms with Gasteiger partial charge >= 0.3 is 0 Å². The molecule has 9 rings (SSSR count). The molecular weight excluding hydrogens is 576 g/mol. The van der Waals surface area contributed by atoms with Crippen molar-refractivity contribution in [3.05, 3.63) is 77.5 Å². The molecule has 1 aliphatic carbocycles. The second kappa shape index (κ2) is 10.7. The van der Waals surface area contributed by atoms with E-state index in [9.17, 15) is 4.79 Å². The number of pyridine rings is 1. The molecule has 1 spiro atoms. The second-order valence-corrected chi connectivity index (χ2v) is 14.2. The van der Waals surface area contributed by atoms with Crippen LogP contribution in [0.1, 0.15) is 66.1 Å². The number of benzene rings is 2. The van der Waals surface area contributed by atoms with Crippen molar-refractivity contribution in [3.63, 3.8) is 0 Å². The number of H-pyrrole nitrogens is 1. The Labute approximate surface area is 269 Å². The summed E-state index contributed by atoms with van der Waals surface area (Å²) in [6, 6.07) is 20.4. The molecule has 4 aromatic rings. The molecule has 3 N–H and O–H groups in total. The summed E-state index contributed by atoms with van der Waals surface area (Å²) in [4.78, 5) is 28.3. The van der Waals surface area contributed by atoms with Crippen LogP contribution in [0.25, 0.3) is 11.0 Å². The van der Waals surface area contributed by atoms with E-state index in [0.29, 0.717) is 42.2 Å². The van der Waals surface area contributed by atoms with Crippen LogP contribution >= 0.6 is 0 Å². The van der Waals surface area contributed by atoms with E-state index in [1.165, 1.54) is 56.2 Å². The minimum absolute atomic E-state index is 0.0790. The molecule has 3 saturated heterocycles. The number of aryl methyl sites for hydroxylation is 1. The van der Waals surface area contributed by atoms with Crippen LogP contribution in [0, 0.1) is 12.3 Å². The molecule has 6 heterocycles. The van der Waals surface area contributed by atoms with Gasteiger partial charge in [0.2, 0.25) is 5.88 Å². The van der Waals surface area contributed by atoms with E-state index in [4.69, 9.17) is 20.2 Å². The number of piperidine rings is 1. The van der Waals surface area contributed by atoms with Crippen molar-refractivity contribution in [1.82, 2.24) is 14.9 Å². The Kier molecular flexibility index (Phi) is 6.58. The monoisotopic (exact) mass is 618 g/mol. The molecule has 238 valence electrons. The normalized spacial score (nSPS) is 25.8. The number of rotatable bonds is 5. The molecule has 1 saturated carbocycles. The molecule has 1 amide bonds. The van der Waals surface area contributed by atoms with Crippen molar-refractivity contribution in [2.24, 2.45) is 11.1 Å². The third kappa shape index (κ3) is 4.50. The first kappa shape index (κ1) is 28.2. The Balaban J connectivity index is 0.957. The van der Waals surface area contributed by atoms with Gasteiger partial charge in [-0.15, -0.1) is 0 Å². The summed E-state index contributed by atoms with van der Waals surface area (Å²) in [5.41, 5.74) is 13.4. The van der Waals surface area contributed by atoms with Crippen molar-refractivity contribution in [1.29, 1.82) is 0 Å². The summed E-state index contributed by atoms with van der Waals surface area (Å²) in [6.07, 6.45) is 9.30. The fraction of sp³-hybridized carbons (Fsp3) is 0.459. The average Bonchev–Trinajstić information content (AvgIpc) is 3.83. The zero-order valence-corrected chi connectivity index (χ0v) is 26.5. The van der Waals surface area contributed by atoms with Gasteiger partial charge in [0.25, 0.3) is 5.91 Å². The highest BCUT2D eigenvalue weighted by Crippen LogP contribution is 2.54. The Morgan fingerprint density at radius 1 is 1.02 bits per heavy atom. The molecule has 9 nitrogen and oxygen atoms in total. The molecule has 9 heteroatoms. The average molecular weight is 619 g/mol. The number of aromatic nitrogens is 2. The highest BCUT2D eigenvalue weighted by Gasteiger charge is 2.50. The molecular formula is C37H42N6O3. The number of fused-ring (bicyclic) bond motifs is 3. The number of amides is 1. The van der Waals surface area contributed by atoms with Gasteiger partial charge in [0, 0.05) is 42.4 Å². The molecule has 0 radical (unpaired) electrons. The Bertz CT molecular complexity index is 1800. The molecule has 2 aromatic carbocycles. The quantitative estimate of drug-likeness (QED) is 0.289. The van der Waals surface area contributed by atoms with Gasteiger partial charge in [0.1, 0.15) is 17.4 Å². The number of anilines is 3. The lowest BCUT2D eigenvalue weighted by Crippen LogP contribution is -2.55.